The zero-order chi connectivity index (χ0) is 54.0. The first-order valence-corrected chi connectivity index (χ1v) is 71.6. The summed E-state index contributed by atoms with van der Waals surface area (Å²) in [7, 11) is 46.6. The Morgan fingerprint density at radius 1 is 0.421 bits per heavy atom. The molecule has 7 aromatic carbocycles. The van der Waals surface area contributed by atoms with Crippen molar-refractivity contribution in [2.75, 3.05) is 4.90 Å². The molecule has 0 N–H and O–H groups in total. The number of pyridine rings is 1. The van der Waals surface area contributed by atoms with E-state index in [2.05, 4.69) is 318 Å². The molecule has 392 valence electrons. The third kappa shape index (κ3) is 14.2. The largest absolute Gasteiger partial charge is 0.310 e. The minimum Gasteiger partial charge on any atom is -0.310 e. The lowest BCUT2D eigenvalue weighted by Gasteiger charge is -2.50. The van der Waals surface area contributed by atoms with Gasteiger partial charge in [-0.2, -0.15) is 0 Å². The van der Waals surface area contributed by atoms with E-state index in [4.69, 9.17) is 4.98 Å². The van der Waals surface area contributed by atoms with Crippen molar-refractivity contribution in [2.45, 2.75) is 5.41 Å². The highest BCUT2D eigenvalue weighted by molar-refractivity contribution is 9.42. The Morgan fingerprint density at radius 2 is 0.855 bits per heavy atom. The number of hydrogen-bond acceptors (Lipinski definition) is 2. The fraction of sp³-hybridized carbons (Fsp3) is 0.0217. The molecule has 2 aliphatic heterocycles. The van der Waals surface area contributed by atoms with Crippen LogP contribution in [0.15, 0.2) is 188 Å². The molecular weight excluding hydrogens is 1430 g/mol. The second-order valence-electron chi connectivity index (χ2n) is 17.2. The molecule has 3 heterocycles. The summed E-state index contributed by atoms with van der Waals surface area (Å²) < 4.78 is 0. The van der Waals surface area contributed by atoms with Crippen LogP contribution < -0.4 is 21.3 Å². The molecule has 17 atom stereocenters. The minimum atomic E-state index is -0.473. The topological polar surface area (TPSA) is 16.1 Å². The van der Waals surface area contributed by atoms with Crippen LogP contribution in [0.25, 0.3) is 22.2 Å². The molecule has 2 aliphatic rings. The quantitative estimate of drug-likeness (QED) is 0.0708. The van der Waals surface area contributed by atoms with E-state index in [1.165, 1.54) is 61.0 Å². The number of para-hydroxylation sites is 3. The van der Waals surface area contributed by atoms with Gasteiger partial charge in [0.25, 0.3) is 0 Å². The summed E-state index contributed by atoms with van der Waals surface area (Å²) in [5.74, 6) is 0. The van der Waals surface area contributed by atoms with Crippen LogP contribution >= 0.6 is 217 Å². The number of anilines is 3. The summed E-state index contributed by atoms with van der Waals surface area (Å²) in [5.41, 5.74) is 15.3. The van der Waals surface area contributed by atoms with Crippen molar-refractivity contribution in [3.8, 4) is 11.3 Å². The van der Waals surface area contributed by atoms with Gasteiger partial charge in [-0.3, -0.25) is 0 Å². The lowest BCUT2D eigenvalue weighted by atomic mass is 9.39. The summed E-state index contributed by atoms with van der Waals surface area (Å²) >= 11 is 0. The summed E-state index contributed by atoms with van der Waals surface area (Å²) in [6, 6.07) is 68.7. The third-order valence-corrected chi connectivity index (χ3v) is 189. The van der Waals surface area contributed by atoms with Gasteiger partial charge in [0, 0.05) is 5.69 Å². The van der Waals surface area contributed by atoms with Gasteiger partial charge in [-0.15, -0.1) is 125 Å². The highest BCUT2D eigenvalue weighted by Crippen LogP contribution is 3.36. The van der Waals surface area contributed by atoms with Crippen LogP contribution in [-0.2, 0) is 5.41 Å². The first-order valence-electron chi connectivity index (χ1n) is 23.1. The molecule has 0 spiro atoms. The average Bonchev–Trinajstić information content (AvgIpc) is 3.82. The summed E-state index contributed by atoms with van der Waals surface area (Å²) in [6.45, 7) is 0.486. The fourth-order valence-corrected chi connectivity index (χ4v) is 354. The SMILES string of the molecule is PPP(P)P(P(P(P)P)P(P)P)P(P(P(P)P)P(P)P)P(P(P)P)P(P)P.c1ccc(C2(c3ccccc3)c3ccccc3N(c3ccc(B4c5ccccc5-c5nc6ccccc6cc54)cc3)c3ccccc32)cc1. The highest BCUT2D eigenvalue weighted by atomic mass is 33.5. The fourth-order valence-electron chi connectivity index (χ4n) is 9.99. The molecule has 10 rings (SSSR count). The lowest BCUT2D eigenvalue weighted by Crippen LogP contribution is -2.48. The minimum absolute atomic E-state index is 0.0165. The average molecular weight is 1490 g/mol. The second-order valence-corrected chi connectivity index (χ2v) is 124. The van der Waals surface area contributed by atoms with Crippen LogP contribution in [-0.4, -0.2) is 11.7 Å². The van der Waals surface area contributed by atoms with E-state index in [1.54, 1.807) is 0 Å². The number of nitrogens with zero attached hydrogens (tertiary/aromatic N) is 2. The summed E-state index contributed by atoms with van der Waals surface area (Å²) in [5, 5.41) is 1.18. The number of aromatic nitrogens is 1. The maximum atomic E-state index is 5.17. The number of rotatable bonds is 16. The summed E-state index contributed by atoms with van der Waals surface area (Å²) in [4.78, 5) is 7.62. The Bertz CT molecular complexity index is 3100. The van der Waals surface area contributed by atoms with Crippen molar-refractivity contribution in [3.05, 3.63) is 210 Å². The number of benzene rings is 7. The summed E-state index contributed by atoms with van der Waals surface area (Å²) in [6.07, 6.45) is 0. The van der Waals surface area contributed by atoms with Gasteiger partial charge in [0.2, 0.25) is 6.71 Å². The van der Waals surface area contributed by atoms with Crippen LogP contribution in [0, 0.1) is 0 Å². The Labute approximate surface area is 499 Å². The molecule has 0 saturated heterocycles. The Balaban J connectivity index is 0.000000225. The van der Waals surface area contributed by atoms with Crippen molar-refractivity contribution in [2.24, 2.45) is 0 Å². The molecule has 17 unspecified atom stereocenters. The zero-order valence-corrected chi connectivity index (χ0v) is 68.7. The van der Waals surface area contributed by atoms with E-state index < -0.39 is 5.41 Å². The number of hydrogen-bond donors (Lipinski definition) is 0. The van der Waals surface area contributed by atoms with Gasteiger partial charge in [0.15, 0.2) is 0 Å². The van der Waals surface area contributed by atoms with Crippen LogP contribution in [0.2, 0.25) is 0 Å². The molecule has 0 bridgehead atoms. The van der Waals surface area contributed by atoms with Crippen molar-refractivity contribution in [1.82, 2.24) is 4.98 Å². The monoisotopic (exact) mass is 1490 g/mol. The van der Waals surface area contributed by atoms with Crippen LogP contribution in [0.1, 0.15) is 22.3 Å². The van der Waals surface area contributed by atoms with E-state index in [-0.39, 0.29) is 90.6 Å². The Morgan fingerprint density at radius 3 is 1.36 bits per heavy atom. The predicted octanol–water partition coefficient (Wildman–Crippen LogP) is 24.4. The number of fused-ring (bicyclic) bond motifs is 6. The Kier molecular flexibility index (Phi) is 26.7. The van der Waals surface area contributed by atoms with Gasteiger partial charge >= 0.3 is 0 Å². The van der Waals surface area contributed by atoms with E-state index >= 15 is 0 Å². The normalized spacial score (nSPS) is 14.7. The van der Waals surface area contributed by atoms with Crippen LogP contribution in [0.5, 0.6) is 0 Å². The second kappa shape index (κ2) is 30.8. The van der Waals surface area contributed by atoms with Gasteiger partial charge in [-0.25, -0.2) is 4.98 Å². The van der Waals surface area contributed by atoms with E-state index in [0.29, 0.717) is 0 Å². The molecule has 8 aromatic rings. The molecule has 0 radical (unpaired) electrons. The first-order chi connectivity index (χ1) is 36.6. The van der Waals surface area contributed by atoms with Crippen molar-refractivity contribution >= 4 is 268 Å². The molecule has 1 aromatic heterocycles. The molecule has 76 heavy (non-hydrogen) atoms. The van der Waals surface area contributed by atoms with Crippen LogP contribution in [0.4, 0.5) is 17.1 Å². The molecule has 0 amide bonds. The molecule has 2 nitrogen and oxygen atoms in total. The maximum Gasteiger partial charge on any atom is 0.244 e. The van der Waals surface area contributed by atoms with Gasteiger partial charge in [-0.1, -0.05) is 177 Å². The van der Waals surface area contributed by atoms with Crippen LogP contribution in [0.3, 0.4) is 0 Å². The first kappa shape index (κ1) is 65.9. The van der Waals surface area contributed by atoms with Gasteiger partial charge in [0.05, 0.1) is 28.0 Å². The Hall–Kier alpha value is 5.42. The standard InChI is InChI=1S/C46H31BN2.H29P27/c1-3-16-33(17-4-1)46(34-18-5-2-6-19-34)38-21-9-13-25-43(38)49(44-26-14-10-22-39(44)46)36-29-27-35(28-30-36)47-40-23-11-8-20-37(40)45-41(47)31-32-15-7-12-24-42(32)48-45;1-15-22(14)26(23(16(2)3)17(4)5)27(24(18(6)7)19(8)9)25(20(10)11)21(12)13/h1-31H;15H,1-14H2. The maximum absolute atomic E-state index is 5.17. The van der Waals surface area contributed by atoms with Gasteiger partial charge in [0.1, 0.15) is 0 Å². The van der Waals surface area contributed by atoms with Gasteiger partial charge in [-0.05, 0) is 153 Å². The third-order valence-electron chi connectivity index (χ3n) is 12.8. The van der Waals surface area contributed by atoms with Crippen molar-refractivity contribution in [3.63, 3.8) is 0 Å². The molecule has 0 saturated carbocycles. The van der Waals surface area contributed by atoms with E-state index in [0.717, 1.165) is 24.9 Å². The molecule has 0 fully saturated rings. The smallest absolute Gasteiger partial charge is 0.244 e. The zero-order valence-electron chi connectivity index (χ0n) is 40.8. The molecule has 0 aliphatic carbocycles. The molecular formula is C46H60BN2P27. The highest BCUT2D eigenvalue weighted by Gasteiger charge is 2.49. The predicted molar refractivity (Wildman–Crippen MR) is 432 cm³/mol. The van der Waals surface area contributed by atoms with Crippen molar-refractivity contribution in [1.29, 1.82) is 0 Å². The lowest BCUT2D eigenvalue weighted by molar-refractivity contribution is 0.731. The van der Waals surface area contributed by atoms with E-state index in [1.807, 2.05) is 0 Å². The van der Waals surface area contributed by atoms with Gasteiger partial charge < -0.3 is 4.90 Å². The molecule has 30 heteroatoms. The van der Waals surface area contributed by atoms with E-state index in [9.17, 15) is 0 Å². The van der Waals surface area contributed by atoms with Crippen molar-refractivity contribution < 1.29 is 0 Å².